The van der Waals surface area contributed by atoms with Crippen LogP contribution in [0.2, 0.25) is 0 Å². The SMILES string of the molecule is CCOc1ccnc(NC2(C(=O)O)CCCC2)n1. The molecule has 18 heavy (non-hydrogen) atoms. The number of nitrogens with zero attached hydrogens (tertiary/aromatic N) is 2. The number of aliphatic carboxylic acids is 1. The molecule has 1 heterocycles. The van der Waals surface area contributed by atoms with Gasteiger partial charge in [-0.1, -0.05) is 12.8 Å². The Morgan fingerprint density at radius 3 is 2.89 bits per heavy atom. The van der Waals surface area contributed by atoms with Gasteiger partial charge < -0.3 is 15.2 Å². The molecule has 1 saturated carbocycles. The van der Waals surface area contributed by atoms with Crippen molar-refractivity contribution < 1.29 is 14.6 Å². The molecule has 0 spiro atoms. The second-order valence-electron chi connectivity index (χ2n) is 4.37. The van der Waals surface area contributed by atoms with Gasteiger partial charge in [0.15, 0.2) is 0 Å². The Labute approximate surface area is 105 Å². The van der Waals surface area contributed by atoms with Gasteiger partial charge in [0.2, 0.25) is 11.8 Å². The molecule has 0 unspecified atom stereocenters. The number of carboxylic acid groups (broad SMARTS) is 1. The summed E-state index contributed by atoms with van der Waals surface area (Å²) in [4.78, 5) is 19.6. The summed E-state index contributed by atoms with van der Waals surface area (Å²) in [6.45, 7) is 2.38. The smallest absolute Gasteiger partial charge is 0.329 e. The molecule has 2 N–H and O–H groups in total. The highest BCUT2D eigenvalue weighted by atomic mass is 16.5. The van der Waals surface area contributed by atoms with Crippen LogP contribution in [0.1, 0.15) is 32.6 Å². The largest absolute Gasteiger partial charge is 0.480 e. The summed E-state index contributed by atoms with van der Waals surface area (Å²) in [6, 6.07) is 1.65. The van der Waals surface area contributed by atoms with Gasteiger partial charge in [0.05, 0.1) is 6.61 Å². The zero-order chi connectivity index (χ0) is 13.0. The molecule has 1 fully saturated rings. The van der Waals surface area contributed by atoms with Gasteiger partial charge in [0.25, 0.3) is 0 Å². The van der Waals surface area contributed by atoms with E-state index in [1.807, 2.05) is 6.92 Å². The maximum absolute atomic E-state index is 11.4. The first-order valence-electron chi connectivity index (χ1n) is 6.14. The Kier molecular flexibility index (Phi) is 3.64. The first kappa shape index (κ1) is 12.6. The molecular weight excluding hydrogens is 234 g/mol. The quantitative estimate of drug-likeness (QED) is 0.828. The van der Waals surface area contributed by atoms with Crippen LogP contribution in [0, 0.1) is 0 Å². The summed E-state index contributed by atoms with van der Waals surface area (Å²) >= 11 is 0. The number of carboxylic acids is 1. The van der Waals surface area contributed by atoms with Crippen LogP contribution in [0.5, 0.6) is 5.88 Å². The van der Waals surface area contributed by atoms with E-state index < -0.39 is 11.5 Å². The molecule has 1 aromatic rings. The van der Waals surface area contributed by atoms with Crippen LogP contribution in [0.15, 0.2) is 12.3 Å². The molecule has 6 nitrogen and oxygen atoms in total. The van der Waals surface area contributed by atoms with Crippen LogP contribution >= 0.6 is 0 Å². The molecule has 2 rings (SSSR count). The van der Waals surface area contributed by atoms with E-state index in [-0.39, 0.29) is 0 Å². The fourth-order valence-corrected chi connectivity index (χ4v) is 2.22. The molecule has 0 radical (unpaired) electrons. The molecule has 98 valence electrons. The Hall–Kier alpha value is -1.85. The Morgan fingerprint density at radius 2 is 2.28 bits per heavy atom. The van der Waals surface area contributed by atoms with Crippen molar-refractivity contribution in [3.63, 3.8) is 0 Å². The molecule has 0 aromatic carbocycles. The summed E-state index contributed by atoms with van der Waals surface area (Å²) in [5.74, 6) is -0.0794. The van der Waals surface area contributed by atoms with Crippen LogP contribution in [0.25, 0.3) is 0 Å². The minimum absolute atomic E-state index is 0.310. The number of nitrogens with one attached hydrogen (secondary N) is 1. The summed E-state index contributed by atoms with van der Waals surface area (Å²) in [7, 11) is 0. The van der Waals surface area contributed by atoms with E-state index in [0.717, 1.165) is 12.8 Å². The average molecular weight is 251 g/mol. The van der Waals surface area contributed by atoms with Crippen molar-refractivity contribution in [1.82, 2.24) is 9.97 Å². The Bertz CT molecular complexity index is 430. The van der Waals surface area contributed by atoms with E-state index >= 15 is 0 Å². The maximum Gasteiger partial charge on any atom is 0.329 e. The van der Waals surface area contributed by atoms with Gasteiger partial charge in [-0.05, 0) is 19.8 Å². The molecule has 6 heteroatoms. The number of ether oxygens (including phenoxy) is 1. The molecule has 1 aliphatic rings. The molecule has 0 saturated heterocycles. The Morgan fingerprint density at radius 1 is 1.56 bits per heavy atom. The van der Waals surface area contributed by atoms with Gasteiger partial charge in [-0.3, -0.25) is 0 Å². The van der Waals surface area contributed by atoms with Crippen LogP contribution in [0.3, 0.4) is 0 Å². The van der Waals surface area contributed by atoms with Crippen LogP contribution in [0.4, 0.5) is 5.95 Å². The highest BCUT2D eigenvalue weighted by molar-refractivity contribution is 5.82. The van der Waals surface area contributed by atoms with Gasteiger partial charge in [-0.2, -0.15) is 4.98 Å². The lowest BCUT2D eigenvalue weighted by Gasteiger charge is -2.25. The number of carbonyl (C=O) groups is 1. The van der Waals surface area contributed by atoms with Crippen molar-refractivity contribution in [2.24, 2.45) is 0 Å². The first-order valence-corrected chi connectivity index (χ1v) is 6.14. The highest BCUT2D eigenvalue weighted by Gasteiger charge is 2.41. The third-order valence-electron chi connectivity index (χ3n) is 3.14. The van der Waals surface area contributed by atoms with Crippen molar-refractivity contribution in [2.45, 2.75) is 38.1 Å². The lowest BCUT2D eigenvalue weighted by Crippen LogP contribution is -2.44. The standard InChI is InChI=1S/C12H17N3O3/c1-2-18-9-5-8-13-11(14-9)15-12(10(16)17)6-3-4-7-12/h5,8H,2-4,6-7H2,1H3,(H,16,17)(H,13,14,15). The fourth-order valence-electron chi connectivity index (χ4n) is 2.22. The number of hydrogen-bond donors (Lipinski definition) is 2. The van der Waals surface area contributed by atoms with Crippen molar-refractivity contribution in [3.8, 4) is 5.88 Å². The molecular formula is C12H17N3O3. The maximum atomic E-state index is 11.4. The van der Waals surface area contributed by atoms with Crippen LogP contribution < -0.4 is 10.1 Å². The Balaban J connectivity index is 2.16. The van der Waals surface area contributed by atoms with E-state index in [1.165, 1.54) is 0 Å². The number of anilines is 1. The number of rotatable bonds is 5. The predicted octanol–water partition coefficient (Wildman–Crippen LogP) is 1.68. The second-order valence-corrected chi connectivity index (χ2v) is 4.37. The van der Waals surface area contributed by atoms with Gasteiger partial charge in [-0.15, -0.1) is 0 Å². The summed E-state index contributed by atoms with van der Waals surface area (Å²) in [5, 5.41) is 12.3. The van der Waals surface area contributed by atoms with Gasteiger partial charge in [0.1, 0.15) is 5.54 Å². The lowest BCUT2D eigenvalue weighted by molar-refractivity contribution is -0.142. The molecule has 0 aliphatic heterocycles. The molecule has 1 aliphatic carbocycles. The van der Waals surface area contributed by atoms with Crippen molar-refractivity contribution in [2.75, 3.05) is 11.9 Å². The lowest BCUT2D eigenvalue weighted by atomic mass is 9.98. The predicted molar refractivity (Wildman–Crippen MR) is 65.7 cm³/mol. The van der Waals surface area contributed by atoms with Crippen molar-refractivity contribution in [1.29, 1.82) is 0 Å². The van der Waals surface area contributed by atoms with Crippen molar-refractivity contribution >= 4 is 11.9 Å². The minimum Gasteiger partial charge on any atom is -0.480 e. The van der Waals surface area contributed by atoms with E-state index in [2.05, 4.69) is 15.3 Å². The summed E-state index contributed by atoms with van der Waals surface area (Å²) in [5.41, 5.74) is -0.926. The first-order chi connectivity index (χ1) is 8.66. The number of aromatic nitrogens is 2. The summed E-state index contributed by atoms with van der Waals surface area (Å²) < 4.78 is 5.27. The van der Waals surface area contributed by atoms with E-state index in [0.29, 0.717) is 31.3 Å². The topological polar surface area (TPSA) is 84.3 Å². The molecule has 0 amide bonds. The second kappa shape index (κ2) is 5.20. The molecule has 0 bridgehead atoms. The molecule has 1 aromatic heterocycles. The van der Waals surface area contributed by atoms with Crippen LogP contribution in [-0.2, 0) is 4.79 Å². The zero-order valence-electron chi connectivity index (χ0n) is 10.3. The van der Waals surface area contributed by atoms with Gasteiger partial charge in [-0.25, -0.2) is 9.78 Å². The van der Waals surface area contributed by atoms with Crippen molar-refractivity contribution in [3.05, 3.63) is 12.3 Å². The third kappa shape index (κ3) is 2.52. The highest BCUT2D eigenvalue weighted by Crippen LogP contribution is 2.32. The monoisotopic (exact) mass is 251 g/mol. The zero-order valence-corrected chi connectivity index (χ0v) is 10.3. The molecule has 0 atom stereocenters. The van der Waals surface area contributed by atoms with Gasteiger partial charge >= 0.3 is 5.97 Å². The van der Waals surface area contributed by atoms with E-state index in [1.54, 1.807) is 12.3 Å². The number of hydrogen-bond acceptors (Lipinski definition) is 5. The normalized spacial score (nSPS) is 17.4. The van der Waals surface area contributed by atoms with Crippen LogP contribution in [-0.4, -0.2) is 33.2 Å². The average Bonchev–Trinajstić information content (AvgIpc) is 2.80. The minimum atomic E-state index is -0.926. The fraction of sp³-hybridized carbons (Fsp3) is 0.583. The van der Waals surface area contributed by atoms with E-state index in [9.17, 15) is 9.90 Å². The van der Waals surface area contributed by atoms with E-state index in [4.69, 9.17) is 4.74 Å². The summed E-state index contributed by atoms with van der Waals surface area (Å²) in [6.07, 6.45) is 4.58. The third-order valence-corrected chi connectivity index (χ3v) is 3.14. The van der Waals surface area contributed by atoms with Gasteiger partial charge in [0, 0.05) is 12.3 Å².